The van der Waals surface area contributed by atoms with Gasteiger partial charge in [-0.15, -0.1) is 0 Å². The van der Waals surface area contributed by atoms with Crippen LogP contribution in [0.25, 0.3) is 0 Å². The fourth-order valence-electron chi connectivity index (χ4n) is 3.29. The first-order valence-electron chi connectivity index (χ1n) is 8.32. The molecule has 0 radical (unpaired) electrons. The Labute approximate surface area is 141 Å². The van der Waals surface area contributed by atoms with Crippen LogP contribution in [0.2, 0.25) is 0 Å². The van der Waals surface area contributed by atoms with Gasteiger partial charge in [0.1, 0.15) is 17.6 Å². The van der Waals surface area contributed by atoms with Crippen LogP contribution >= 0.6 is 0 Å². The molecule has 1 N–H and O–H groups in total. The monoisotopic (exact) mass is 337 g/mol. The number of carbonyl (C=O) groups excluding carboxylic acids is 1. The Hall–Kier alpha value is -1.86. The third-order valence-corrected chi connectivity index (χ3v) is 4.66. The van der Waals surface area contributed by atoms with Gasteiger partial charge in [0.05, 0.1) is 25.5 Å². The van der Waals surface area contributed by atoms with Gasteiger partial charge in [0.2, 0.25) is 5.91 Å². The quantitative estimate of drug-likeness (QED) is 0.887. The van der Waals surface area contributed by atoms with E-state index >= 15 is 0 Å². The SMILES string of the molecule is COc1cc(F)ccc1N1CCN(C(=O)[C@H]2NCCO[C@@H]2C)CC1. The summed E-state index contributed by atoms with van der Waals surface area (Å²) in [6.07, 6.45) is -0.110. The lowest BCUT2D eigenvalue weighted by molar-refractivity contribution is -0.139. The number of piperazine rings is 1. The Morgan fingerprint density at radius 1 is 1.33 bits per heavy atom. The molecule has 132 valence electrons. The first kappa shape index (κ1) is 17.0. The third kappa shape index (κ3) is 3.47. The van der Waals surface area contributed by atoms with E-state index in [9.17, 15) is 9.18 Å². The molecule has 0 unspecified atom stereocenters. The number of halogens is 1. The molecule has 2 heterocycles. The summed E-state index contributed by atoms with van der Waals surface area (Å²) in [5.74, 6) is 0.292. The molecule has 1 aromatic rings. The Balaban J connectivity index is 1.62. The van der Waals surface area contributed by atoms with Gasteiger partial charge in [-0.25, -0.2) is 4.39 Å². The molecule has 2 aliphatic rings. The third-order valence-electron chi connectivity index (χ3n) is 4.66. The first-order chi connectivity index (χ1) is 11.6. The topological polar surface area (TPSA) is 54.0 Å². The number of nitrogens with zero attached hydrogens (tertiary/aromatic N) is 2. The van der Waals surface area contributed by atoms with Crippen LogP contribution < -0.4 is 15.0 Å². The van der Waals surface area contributed by atoms with Crippen LogP contribution in [0, 0.1) is 5.82 Å². The Morgan fingerprint density at radius 3 is 2.75 bits per heavy atom. The van der Waals surface area contributed by atoms with Crippen molar-refractivity contribution < 1.29 is 18.7 Å². The van der Waals surface area contributed by atoms with E-state index in [4.69, 9.17) is 9.47 Å². The van der Waals surface area contributed by atoms with Gasteiger partial charge >= 0.3 is 0 Å². The summed E-state index contributed by atoms with van der Waals surface area (Å²) in [6.45, 7) is 5.91. The molecule has 2 fully saturated rings. The average molecular weight is 337 g/mol. The van der Waals surface area contributed by atoms with E-state index in [0.29, 0.717) is 45.1 Å². The number of anilines is 1. The molecular formula is C17H24FN3O3. The number of amides is 1. The molecule has 0 aromatic heterocycles. The van der Waals surface area contributed by atoms with E-state index in [0.717, 1.165) is 5.69 Å². The highest BCUT2D eigenvalue weighted by atomic mass is 19.1. The van der Waals surface area contributed by atoms with Gasteiger partial charge < -0.3 is 24.6 Å². The van der Waals surface area contributed by atoms with Crippen molar-refractivity contribution >= 4 is 11.6 Å². The van der Waals surface area contributed by atoms with E-state index in [1.807, 2.05) is 11.8 Å². The maximum absolute atomic E-state index is 13.3. The van der Waals surface area contributed by atoms with Crippen LogP contribution in [0.15, 0.2) is 18.2 Å². The predicted molar refractivity (Wildman–Crippen MR) is 88.9 cm³/mol. The highest BCUT2D eigenvalue weighted by Crippen LogP contribution is 2.29. The van der Waals surface area contributed by atoms with Crippen molar-refractivity contribution in [1.82, 2.24) is 10.2 Å². The fourth-order valence-corrected chi connectivity index (χ4v) is 3.29. The van der Waals surface area contributed by atoms with Crippen LogP contribution in [-0.4, -0.2) is 69.4 Å². The molecule has 0 aliphatic carbocycles. The second kappa shape index (κ2) is 7.36. The van der Waals surface area contributed by atoms with Gasteiger partial charge in [0.25, 0.3) is 0 Å². The molecule has 2 saturated heterocycles. The molecule has 3 rings (SSSR count). The zero-order valence-electron chi connectivity index (χ0n) is 14.1. The van der Waals surface area contributed by atoms with Crippen LogP contribution in [0.3, 0.4) is 0 Å². The average Bonchev–Trinajstić information content (AvgIpc) is 2.61. The molecule has 2 aliphatic heterocycles. The molecule has 1 aromatic carbocycles. The van der Waals surface area contributed by atoms with Crippen LogP contribution in [0.1, 0.15) is 6.92 Å². The standard InChI is InChI=1S/C17H24FN3O3/c1-12-16(19-5-10-24-12)17(22)21-8-6-20(7-9-21)14-4-3-13(18)11-15(14)23-2/h3-4,11-12,16,19H,5-10H2,1-2H3/t12-,16+/m1/s1. The maximum atomic E-state index is 13.3. The molecule has 24 heavy (non-hydrogen) atoms. The summed E-state index contributed by atoms with van der Waals surface area (Å²) < 4.78 is 24.2. The van der Waals surface area contributed by atoms with Crippen LogP contribution in [0.5, 0.6) is 5.75 Å². The number of ether oxygens (including phenoxy) is 2. The van der Waals surface area contributed by atoms with Gasteiger partial charge in [0, 0.05) is 38.8 Å². The lowest BCUT2D eigenvalue weighted by atomic mass is 10.1. The largest absolute Gasteiger partial charge is 0.494 e. The lowest BCUT2D eigenvalue weighted by Gasteiger charge is -2.39. The summed E-state index contributed by atoms with van der Waals surface area (Å²) >= 11 is 0. The van der Waals surface area contributed by atoms with Gasteiger partial charge in [-0.05, 0) is 19.1 Å². The van der Waals surface area contributed by atoms with Crippen molar-refractivity contribution in [2.45, 2.75) is 19.1 Å². The maximum Gasteiger partial charge on any atom is 0.242 e. The van der Waals surface area contributed by atoms with E-state index in [1.54, 1.807) is 6.07 Å². The molecular weight excluding hydrogens is 313 g/mol. The van der Waals surface area contributed by atoms with Crippen molar-refractivity contribution in [3.63, 3.8) is 0 Å². The van der Waals surface area contributed by atoms with E-state index < -0.39 is 0 Å². The van der Waals surface area contributed by atoms with E-state index in [-0.39, 0.29) is 23.9 Å². The fraction of sp³-hybridized carbons (Fsp3) is 0.588. The summed E-state index contributed by atoms with van der Waals surface area (Å²) in [5, 5.41) is 3.24. The number of nitrogens with one attached hydrogen (secondary N) is 1. The molecule has 1 amide bonds. The molecule has 0 spiro atoms. The molecule has 0 saturated carbocycles. The minimum Gasteiger partial charge on any atom is -0.494 e. The number of methoxy groups -OCH3 is 1. The highest BCUT2D eigenvalue weighted by Gasteiger charge is 2.33. The van der Waals surface area contributed by atoms with Crippen molar-refractivity contribution in [1.29, 1.82) is 0 Å². The zero-order valence-corrected chi connectivity index (χ0v) is 14.1. The second-order valence-electron chi connectivity index (χ2n) is 6.14. The molecule has 6 nitrogen and oxygen atoms in total. The lowest BCUT2D eigenvalue weighted by Crippen LogP contribution is -2.59. The smallest absolute Gasteiger partial charge is 0.242 e. The molecule has 2 atom stereocenters. The predicted octanol–water partition coefficient (Wildman–Crippen LogP) is 0.860. The molecule has 7 heteroatoms. The van der Waals surface area contributed by atoms with Gasteiger partial charge in [-0.1, -0.05) is 0 Å². The number of hydrogen-bond acceptors (Lipinski definition) is 5. The number of benzene rings is 1. The van der Waals surface area contributed by atoms with Gasteiger partial charge in [-0.2, -0.15) is 0 Å². The van der Waals surface area contributed by atoms with Crippen molar-refractivity contribution in [3.8, 4) is 5.75 Å². The summed E-state index contributed by atoms with van der Waals surface area (Å²) in [6, 6.07) is 4.27. The summed E-state index contributed by atoms with van der Waals surface area (Å²) in [5.41, 5.74) is 0.860. The summed E-state index contributed by atoms with van der Waals surface area (Å²) in [4.78, 5) is 16.7. The number of hydrogen-bond donors (Lipinski definition) is 1. The highest BCUT2D eigenvalue weighted by molar-refractivity contribution is 5.83. The Bertz CT molecular complexity index is 590. The minimum absolute atomic E-state index is 0.0907. The Morgan fingerprint density at radius 2 is 2.08 bits per heavy atom. The van der Waals surface area contributed by atoms with Crippen molar-refractivity contribution in [2.24, 2.45) is 0 Å². The number of carbonyl (C=O) groups is 1. The van der Waals surface area contributed by atoms with Crippen molar-refractivity contribution in [2.75, 3.05) is 51.3 Å². The summed E-state index contributed by atoms with van der Waals surface area (Å²) in [7, 11) is 1.54. The molecule has 0 bridgehead atoms. The van der Waals surface area contributed by atoms with Crippen LogP contribution in [0.4, 0.5) is 10.1 Å². The van der Waals surface area contributed by atoms with E-state index in [2.05, 4.69) is 10.2 Å². The normalized spacial score (nSPS) is 24.8. The van der Waals surface area contributed by atoms with Gasteiger partial charge in [0.15, 0.2) is 0 Å². The van der Waals surface area contributed by atoms with E-state index in [1.165, 1.54) is 19.2 Å². The van der Waals surface area contributed by atoms with Crippen LogP contribution in [-0.2, 0) is 9.53 Å². The Kier molecular flexibility index (Phi) is 5.20. The number of rotatable bonds is 3. The second-order valence-corrected chi connectivity index (χ2v) is 6.14. The first-order valence-corrected chi connectivity index (χ1v) is 8.32. The number of morpholine rings is 1. The zero-order chi connectivity index (χ0) is 17.1. The van der Waals surface area contributed by atoms with Crippen molar-refractivity contribution in [3.05, 3.63) is 24.0 Å². The minimum atomic E-state index is -0.318. The van der Waals surface area contributed by atoms with Gasteiger partial charge in [-0.3, -0.25) is 4.79 Å².